The lowest BCUT2D eigenvalue weighted by atomic mass is 9.76. The van der Waals surface area contributed by atoms with E-state index in [0.29, 0.717) is 28.7 Å². The van der Waals surface area contributed by atoms with Crippen molar-refractivity contribution >= 4 is 44.1 Å². The van der Waals surface area contributed by atoms with Crippen LogP contribution in [0.3, 0.4) is 0 Å². The smallest absolute Gasteiger partial charge is 0.146 e. The van der Waals surface area contributed by atoms with Gasteiger partial charge in [0.1, 0.15) is 89.9 Å². The SMILES string of the molecule is CC(C)(C)c1cc(-n2nc3ccccc3n2)c(O)c(C(C)(C)C)c1.CC(C)c1cc(C(C)C)c(O)c(-n2nc3ccccc3n2)c1.CCC(C)(C)c1cc(-n2nc3ccccc3n2)c(O)c(C(C)(C)CC)c1.CCC(C)c1cc(C(C)(C)C)cc(-n2nc3ccccc3n2)c1O.Cc1ccccc1.Cc1ccccc1. The van der Waals surface area contributed by atoms with Gasteiger partial charge in [-0.3, -0.25) is 0 Å². The van der Waals surface area contributed by atoms with Gasteiger partial charge in [0.2, 0.25) is 0 Å². The van der Waals surface area contributed by atoms with E-state index in [0.717, 1.165) is 91.2 Å². The van der Waals surface area contributed by atoms with Crippen LogP contribution in [0, 0.1) is 13.8 Å². The molecule has 0 saturated heterocycles. The molecule has 576 valence electrons. The molecule has 10 aromatic carbocycles. The molecule has 0 aliphatic carbocycles. The molecule has 14 rings (SSSR count). The lowest BCUT2D eigenvalue weighted by Crippen LogP contribution is -2.21. The molecule has 0 saturated carbocycles. The standard InChI is InChI=1S/C22H29N3O.2C20H25N3O.C18H21N3O.2C7H8/c1-7-21(3,4)15-13-16(22(5,6)8-2)20(26)19(14-15)25-23-17-11-9-10-12-18(17)24-25;1-19(2,3)13-11-14(20(4,5)6)18(24)17(12-13)23-21-15-9-7-8-10-16(15)22-23;1-6-13(2)15-11-14(20(3,4)5)12-18(19(15)24)23-21-16-9-7-8-10-17(16)22-23;1-11(2)13-9-14(12(3)4)18(22)17(10-13)21-19-15-7-5-6-8-16(15)20-21;2*1-7-5-3-2-4-6-7/h9-14,26H,7-8H2,1-6H3;7-12,24H,1-6H3;7-13,24H,6H2,1-5H3;5-12,22H,1-4H3;2*2-6H,1H3. The first-order valence-corrected chi connectivity index (χ1v) is 38.7. The summed E-state index contributed by atoms with van der Waals surface area (Å²) in [7, 11) is 0. The van der Waals surface area contributed by atoms with Gasteiger partial charge in [-0.1, -0.05) is 290 Å². The van der Waals surface area contributed by atoms with Crippen LogP contribution in [0.2, 0.25) is 0 Å². The Kier molecular flexibility index (Phi) is 26.2. The monoisotopic (exact) mass is 1480 g/mol. The van der Waals surface area contributed by atoms with Crippen molar-refractivity contribution in [3.05, 3.63) is 262 Å². The summed E-state index contributed by atoms with van der Waals surface area (Å²) in [6.45, 7) is 49.4. The van der Waals surface area contributed by atoms with E-state index in [1.54, 1.807) is 14.4 Å². The molecular weight excluding hydrogens is 1360 g/mol. The number of aryl methyl sites for hydroxylation is 2. The van der Waals surface area contributed by atoms with Crippen LogP contribution in [-0.2, 0) is 27.1 Å². The number of aromatic hydroxyl groups is 4. The number of benzene rings is 10. The van der Waals surface area contributed by atoms with E-state index in [4.69, 9.17) is 0 Å². The third-order valence-corrected chi connectivity index (χ3v) is 20.6. The van der Waals surface area contributed by atoms with Crippen molar-refractivity contribution in [1.82, 2.24) is 60.0 Å². The minimum atomic E-state index is -0.174. The summed E-state index contributed by atoms with van der Waals surface area (Å²) in [5.74, 6) is 1.95. The fraction of sp³-hybridized carbons (Fsp3) is 0.362. The molecule has 0 spiro atoms. The van der Waals surface area contributed by atoms with Crippen molar-refractivity contribution in [3.63, 3.8) is 0 Å². The molecule has 0 aliphatic heterocycles. The number of hydrogen-bond acceptors (Lipinski definition) is 12. The van der Waals surface area contributed by atoms with Gasteiger partial charge in [-0.25, -0.2) is 0 Å². The zero-order valence-corrected chi connectivity index (χ0v) is 69.1. The van der Waals surface area contributed by atoms with Crippen LogP contribution < -0.4 is 0 Å². The fourth-order valence-corrected chi connectivity index (χ4v) is 12.2. The molecule has 4 heterocycles. The molecule has 0 radical (unpaired) electrons. The Morgan fingerprint density at radius 2 is 0.591 bits per heavy atom. The molecule has 0 aliphatic rings. The number of phenols is 4. The Balaban J connectivity index is 0.000000159. The van der Waals surface area contributed by atoms with Crippen molar-refractivity contribution in [3.8, 4) is 45.7 Å². The van der Waals surface area contributed by atoms with Gasteiger partial charge in [0.25, 0.3) is 0 Å². The van der Waals surface area contributed by atoms with Gasteiger partial charge in [-0.05, 0) is 184 Å². The maximum atomic E-state index is 11.1. The van der Waals surface area contributed by atoms with E-state index in [2.05, 4.69) is 249 Å². The first-order valence-electron chi connectivity index (χ1n) is 38.7. The fourth-order valence-electron chi connectivity index (χ4n) is 12.2. The van der Waals surface area contributed by atoms with Gasteiger partial charge in [0.05, 0.1) is 0 Å². The number of fused-ring (bicyclic) bond motifs is 4. The molecule has 1 unspecified atom stereocenters. The molecule has 1 atom stereocenters. The number of aromatic nitrogens is 12. The maximum absolute atomic E-state index is 11.1. The summed E-state index contributed by atoms with van der Waals surface area (Å²) in [5.41, 5.74) is 19.9. The highest BCUT2D eigenvalue weighted by Crippen LogP contribution is 2.44. The van der Waals surface area contributed by atoms with Crippen LogP contribution in [0.1, 0.15) is 238 Å². The summed E-state index contributed by atoms with van der Waals surface area (Å²) in [6.07, 6.45) is 2.91. The first-order chi connectivity index (χ1) is 51.8. The highest BCUT2D eigenvalue weighted by atomic mass is 16.3. The Hall–Kier alpha value is -11.0. The number of hydrogen-bond donors (Lipinski definition) is 4. The number of nitrogens with zero attached hydrogens (tertiary/aromatic N) is 12. The van der Waals surface area contributed by atoms with E-state index in [1.807, 2.05) is 158 Å². The van der Waals surface area contributed by atoms with Crippen molar-refractivity contribution in [2.75, 3.05) is 0 Å². The predicted octanol–water partition coefficient (Wildman–Crippen LogP) is 23.5. The molecule has 0 fully saturated rings. The highest BCUT2D eigenvalue weighted by molar-refractivity contribution is 5.77. The van der Waals surface area contributed by atoms with Crippen molar-refractivity contribution in [2.45, 2.75) is 223 Å². The average molecular weight is 1480 g/mol. The summed E-state index contributed by atoms with van der Waals surface area (Å²) < 4.78 is 0. The summed E-state index contributed by atoms with van der Waals surface area (Å²) >= 11 is 0. The third kappa shape index (κ3) is 20.1. The molecule has 16 nitrogen and oxygen atoms in total. The highest BCUT2D eigenvalue weighted by Gasteiger charge is 2.31. The summed E-state index contributed by atoms with van der Waals surface area (Å²) in [4.78, 5) is 6.22. The minimum Gasteiger partial charge on any atom is -0.505 e. The second-order valence-electron chi connectivity index (χ2n) is 33.8. The second-order valence-corrected chi connectivity index (χ2v) is 33.8. The van der Waals surface area contributed by atoms with Crippen LogP contribution >= 0.6 is 0 Å². The quantitative estimate of drug-likeness (QED) is 0.0902. The van der Waals surface area contributed by atoms with E-state index >= 15 is 0 Å². The normalized spacial score (nSPS) is 12.2. The summed E-state index contributed by atoms with van der Waals surface area (Å²) in [5, 5.41) is 79.8. The lowest BCUT2D eigenvalue weighted by Gasteiger charge is -2.30. The van der Waals surface area contributed by atoms with Crippen molar-refractivity contribution < 1.29 is 20.4 Å². The Morgan fingerprint density at radius 1 is 0.300 bits per heavy atom. The first kappa shape index (κ1) is 83.0. The number of phenolic OH excluding ortho intramolecular Hbond substituents is 4. The predicted molar refractivity (Wildman–Crippen MR) is 454 cm³/mol. The zero-order chi connectivity index (χ0) is 80.4. The Morgan fingerprint density at radius 3 is 0.882 bits per heavy atom. The van der Waals surface area contributed by atoms with Crippen molar-refractivity contribution in [2.24, 2.45) is 0 Å². The molecule has 4 aromatic heterocycles. The largest absolute Gasteiger partial charge is 0.505 e. The van der Waals surface area contributed by atoms with E-state index < -0.39 is 0 Å². The molecular formula is C94H116N12O4. The Labute approximate surface area is 651 Å². The molecule has 0 bridgehead atoms. The van der Waals surface area contributed by atoms with E-state index in [9.17, 15) is 20.4 Å². The zero-order valence-electron chi connectivity index (χ0n) is 69.1. The van der Waals surface area contributed by atoms with Crippen LogP contribution in [0.5, 0.6) is 23.0 Å². The minimum absolute atomic E-state index is 0.00754. The topological polar surface area (TPSA) is 204 Å². The molecule has 0 amide bonds. The van der Waals surface area contributed by atoms with Gasteiger partial charge < -0.3 is 20.4 Å². The Bertz CT molecular complexity index is 5220. The molecule has 110 heavy (non-hydrogen) atoms. The second kappa shape index (κ2) is 34.7. The van der Waals surface area contributed by atoms with Crippen LogP contribution in [0.25, 0.3) is 66.9 Å². The van der Waals surface area contributed by atoms with Gasteiger partial charge >= 0.3 is 0 Å². The van der Waals surface area contributed by atoms with Crippen LogP contribution in [0.4, 0.5) is 0 Å². The van der Waals surface area contributed by atoms with Crippen molar-refractivity contribution in [1.29, 1.82) is 0 Å². The average Bonchev–Trinajstić information content (AvgIpc) is 1.13. The van der Waals surface area contributed by atoms with Gasteiger partial charge in [-0.15, -0.1) is 60.0 Å². The van der Waals surface area contributed by atoms with E-state index in [1.165, 1.54) is 32.6 Å². The molecule has 16 heteroatoms. The third-order valence-electron chi connectivity index (χ3n) is 20.6. The summed E-state index contributed by atoms with van der Waals surface area (Å²) in [6, 6.07) is 67.9. The number of rotatable bonds is 12. The maximum Gasteiger partial charge on any atom is 0.146 e. The lowest BCUT2D eigenvalue weighted by molar-refractivity contribution is 0.420. The van der Waals surface area contributed by atoms with Gasteiger partial charge in [-0.2, -0.15) is 0 Å². The molecule has 14 aromatic rings. The molecule has 4 N–H and O–H groups in total. The van der Waals surface area contributed by atoms with Crippen LogP contribution in [0.15, 0.2) is 206 Å². The van der Waals surface area contributed by atoms with E-state index in [-0.39, 0.29) is 61.9 Å². The van der Waals surface area contributed by atoms with Gasteiger partial charge in [0, 0.05) is 11.1 Å². The van der Waals surface area contributed by atoms with Gasteiger partial charge in [0.15, 0.2) is 0 Å². The van der Waals surface area contributed by atoms with Crippen LogP contribution in [-0.4, -0.2) is 80.4 Å².